The molecular formula is C20H18F2N8O. The number of halogens is 2. The Bertz CT molecular complexity index is 1160. The van der Waals surface area contributed by atoms with Crippen LogP contribution < -0.4 is 10.6 Å². The summed E-state index contributed by atoms with van der Waals surface area (Å²) in [6.07, 6.45) is 1.93. The van der Waals surface area contributed by atoms with Crippen molar-refractivity contribution in [3.8, 4) is 11.4 Å². The lowest BCUT2D eigenvalue weighted by Gasteiger charge is -2.08. The number of aromatic nitrogens is 6. The van der Waals surface area contributed by atoms with E-state index in [0.29, 0.717) is 29.4 Å². The van der Waals surface area contributed by atoms with E-state index in [1.807, 2.05) is 18.2 Å². The van der Waals surface area contributed by atoms with Gasteiger partial charge in [-0.05, 0) is 30.3 Å². The van der Waals surface area contributed by atoms with Crippen molar-refractivity contribution in [2.45, 2.75) is 19.5 Å². The van der Waals surface area contributed by atoms with Crippen LogP contribution in [0.15, 0.2) is 55.0 Å². The Labute approximate surface area is 175 Å². The summed E-state index contributed by atoms with van der Waals surface area (Å²) in [4.78, 5) is 20.8. The first-order valence-electron chi connectivity index (χ1n) is 9.34. The molecule has 9 nitrogen and oxygen atoms in total. The Morgan fingerprint density at radius 2 is 1.94 bits per heavy atom. The Hall–Kier alpha value is -4.15. The second-order valence-electron chi connectivity index (χ2n) is 6.57. The molecule has 0 unspecified atom stereocenters. The van der Waals surface area contributed by atoms with E-state index < -0.39 is 6.43 Å². The fourth-order valence-corrected chi connectivity index (χ4v) is 2.89. The Morgan fingerprint density at radius 1 is 1.10 bits per heavy atom. The normalized spacial score (nSPS) is 10.9. The summed E-state index contributed by atoms with van der Waals surface area (Å²) in [6.45, 7) is 0.318. The number of pyridine rings is 1. The minimum atomic E-state index is -2.68. The van der Waals surface area contributed by atoms with Gasteiger partial charge in [-0.15, -0.1) is 0 Å². The Kier molecular flexibility index (Phi) is 5.92. The lowest BCUT2D eigenvalue weighted by atomic mass is 10.1. The van der Waals surface area contributed by atoms with Gasteiger partial charge in [0.2, 0.25) is 0 Å². The number of rotatable bonds is 8. The molecule has 4 N–H and O–H groups in total. The van der Waals surface area contributed by atoms with Crippen molar-refractivity contribution in [3.63, 3.8) is 0 Å². The highest BCUT2D eigenvalue weighted by atomic mass is 19.3. The van der Waals surface area contributed by atoms with Gasteiger partial charge in [0.05, 0.1) is 12.7 Å². The summed E-state index contributed by atoms with van der Waals surface area (Å²) in [5.41, 5.74) is 1.89. The van der Waals surface area contributed by atoms with Crippen LogP contribution in [0.5, 0.6) is 0 Å². The monoisotopic (exact) mass is 424 g/mol. The van der Waals surface area contributed by atoms with Crippen LogP contribution in [-0.4, -0.2) is 36.3 Å². The zero-order valence-electron chi connectivity index (χ0n) is 16.1. The molecule has 0 saturated heterocycles. The predicted molar refractivity (Wildman–Crippen MR) is 108 cm³/mol. The van der Waals surface area contributed by atoms with Gasteiger partial charge in [-0.2, -0.15) is 10.2 Å². The van der Waals surface area contributed by atoms with E-state index >= 15 is 0 Å². The maximum Gasteiger partial charge on any atom is 0.280 e. The van der Waals surface area contributed by atoms with Crippen LogP contribution in [0.25, 0.3) is 11.4 Å². The molecule has 3 heterocycles. The van der Waals surface area contributed by atoms with Gasteiger partial charge in [0.25, 0.3) is 12.3 Å². The van der Waals surface area contributed by atoms with Crippen LogP contribution in [0.3, 0.4) is 0 Å². The molecule has 0 aliphatic rings. The molecule has 0 spiro atoms. The number of H-pyrrole nitrogens is 2. The molecule has 1 aromatic carbocycles. The lowest BCUT2D eigenvalue weighted by Crippen LogP contribution is -2.23. The molecule has 0 radical (unpaired) electrons. The highest BCUT2D eigenvalue weighted by Crippen LogP contribution is 2.20. The first-order chi connectivity index (χ1) is 15.1. The van der Waals surface area contributed by atoms with Crippen molar-refractivity contribution in [1.82, 2.24) is 35.7 Å². The quantitative estimate of drug-likeness (QED) is 0.345. The average molecular weight is 424 g/mol. The fourth-order valence-electron chi connectivity index (χ4n) is 2.89. The first kappa shape index (κ1) is 20.1. The molecule has 0 atom stereocenters. The first-order valence-corrected chi connectivity index (χ1v) is 9.34. The SMILES string of the molecule is O=C(NCc1cn[nH]c1C(F)F)c1cccc(NCc2nc(-c3ccncc3)n[nH]2)c1. The molecule has 0 aliphatic heterocycles. The molecule has 4 rings (SSSR count). The Morgan fingerprint density at radius 3 is 2.74 bits per heavy atom. The molecule has 158 valence electrons. The molecule has 11 heteroatoms. The number of aromatic amines is 2. The van der Waals surface area contributed by atoms with Crippen molar-refractivity contribution in [3.05, 3.63) is 77.6 Å². The van der Waals surface area contributed by atoms with Crippen molar-refractivity contribution in [1.29, 1.82) is 0 Å². The Balaban J connectivity index is 1.35. The highest BCUT2D eigenvalue weighted by molar-refractivity contribution is 5.95. The lowest BCUT2D eigenvalue weighted by molar-refractivity contribution is 0.0949. The summed E-state index contributed by atoms with van der Waals surface area (Å²) >= 11 is 0. The average Bonchev–Trinajstić information content (AvgIpc) is 3.46. The second kappa shape index (κ2) is 9.11. The minimum absolute atomic E-state index is 0.0531. The van der Waals surface area contributed by atoms with E-state index in [1.165, 1.54) is 6.20 Å². The van der Waals surface area contributed by atoms with Crippen molar-refractivity contribution >= 4 is 11.6 Å². The van der Waals surface area contributed by atoms with E-state index in [2.05, 4.69) is 41.0 Å². The van der Waals surface area contributed by atoms with Gasteiger partial charge in [-0.1, -0.05) is 6.07 Å². The second-order valence-corrected chi connectivity index (χ2v) is 6.57. The van der Waals surface area contributed by atoms with Gasteiger partial charge >= 0.3 is 0 Å². The smallest absolute Gasteiger partial charge is 0.280 e. The van der Waals surface area contributed by atoms with Crippen LogP contribution in [0, 0.1) is 0 Å². The molecule has 0 saturated carbocycles. The maximum absolute atomic E-state index is 12.9. The van der Waals surface area contributed by atoms with Crippen LogP contribution in [0.1, 0.15) is 33.9 Å². The van der Waals surface area contributed by atoms with Gasteiger partial charge in [0.15, 0.2) is 5.82 Å². The molecule has 0 fully saturated rings. The third-order valence-electron chi connectivity index (χ3n) is 4.46. The van der Waals surface area contributed by atoms with Crippen LogP contribution in [0.4, 0.5) is 14.5 Å². The molecule has 0 aliphatic carbocycles. The van der Waals surface area contributed by atoms with E-state index in [4.69, 9.17) is 0 Å². The zero-order valence-corrected chi connectivity index (χ0v) is 16.1. The largest absolute Gasteiger partial charge is 0.378 e. The van der Waals surface area contributed by atoms with Gasteiger partial charge < -0.3 is 10.6 Å². The van der Waals surface area contributed by atoms with Gasteiger partial charge in [0, 0.05) is 41.3 Å². The molecule has 1 amide bonds. The van der Waals surface area contributed by atoms with Crippen molar-refractivity contribution < 1.29 is 13.6 Å². The number of carbonyl (C=O) groups is 1. The zero-order chi connectivity index (χ0) is 21.6. The van der Waals surface area contributed by atoms with Crippen molar-refractivity contribution in [2.75, 3.05) is 5.32 Å². The number of hydrogen-bond acceptors (Lipinski definition) is 6. The van der Waals surface area contributed by atoms with E-state index in [1.54, 1.807) is 30.6 Å². The highest BCUT2D eigenvalue weighted by Gasteiger charge is 2.16. The van der Waals surface area contributed by atoms with E-state index in [9.17, 15) is 13.6 Å². The topological polar surface area (TPSA) is 124 Å². The standard InChI is InChI=1S/C20H18F2N8O/c21-18(22)17-14(10-26-29-17)9-25-20(31)13-2-1-3-15(8-13)24-11-16-27-19(30-28-16)12-4-6-23-7-5-12/h1-8,10,18,24H,9,11H2,(H,25,31)(H,26,29)(H,27,28,30). The van der Waals surface area contributed by atoms with Crippen LogP contribution in [-0.2, 0) is 13.1 Å². The fraction of sp³-hybridized carbons (Fsp3) is 0.150. The number of anilines is 1. The van der Waals surface area contributed by atoms with Crippen molar-refractivity contribution in [2.24, 2.45) is 0 Å². The van der Waals surface area contributed by atoms with Crippen LogP contribution >= 0.6 is 0 Å². The number of nitrogens with zero attached hydrogens (tertiary/aromatic N) is 4. The minimum Gasteiger partial charge on any atom is -0.378 e. The van der Waals surface area contributed by atoms with E-state index in [-0.39, 0.29) is 23.7 Å². The number of nitrogens with one attached hydrogen (secondary N) is 4. The maximum atomic E-state index is 12.9. The number of alkyl halides is 2. The van der Waals surface area contributed by atoms with Gasteiger partial charge in [-0.3, -0.25) is 20.0 Å². The number of amides is 1. The summed E-state index contributed by atoms with van der Waals surface area (Å²) in [5, 5.41) is 18.7. The third-order valence-corrected chi connectivity index (χ3v) is 4.46. The molecular weight excluding hydrogens is 406 g/mol. The third kappa shape index (κ3) is 4.89. The number of benzene rings is 1. The van der Waals surface area contributed by atoms with E-state index in [0.717, 1.165) is 5.56 Å². The molecule has 31 heavy (non-hydrogen) atoms. The summed E-state index contributed by atoms with van der Waals surface area (Å²) in [5.74, 6) is 0.806. The number of hydrogen-bond donors (Lipinski definition) is 4. The van der Waals surface area contributed by atoms with Crippen LogP contribution in [0.2, 0.25) is 0 Å². The molecule has 3 aromatic heterocycles. The molecule has 0 bridgehead atoms. The predicted octanol–water partition coefficient (Wildman–Crippen LogP) is 3.07. The van der Waals surface area contributed by atoms with Gasteiger partial charge in [0.1, 0.15) is 11.5 Å². The molecule has 4 aromatic rings. The number of carbonyl (C=O) groups excluding carboxylic acids is 1. The van der Waals surface area contributed by atoms with Gasteiger partial charge in [-0.25, -0.2) is 13.8 Å². The summed E-state index contributed by atoms with van der Waals surface area (Å²) < 4.78 is 25.8. The summed E-state index contributed by atoms with van der Waals surface area (Å²) in [7, 11) is 0. The summed E-state index contributed by atoms with van der Waals surface area (Å²) in [6, 6.07) is 10.5.